The van der Waals surface area contributed by atoms with Gasteiger partial charge in [-0.25, -0.2) is 4.98 Å². The van der Waals surface area contributed by atoms with Crippen molar-refractivity contribution in [3.63, 3.8) is 0 Å². The first kappa shape index (κ1) is 14.8. The minimum absolute atomic E-state index is 0.579. The van der Waals surface area contributed by atoms with Gasteiger partial charge in [-0.2, -0.15) is 0 Å². The topological polar surface area (TPSA) is 19.4 Å². The van der Waals surface area contributed by atoms with E-state index >= 15 is 0 Å². The van der Waals surface area contributed by atoms with Gasteiger partial charge in [0.1, 0.15) is 5.82 Å². The molecule has 0 saturated carbocycles. The molecule has 116 valence electrons. The molecule has 2 aliphatic heterocycles. The molecule has 0 spiro atoms. The minimum Gasteiger partial charge on any atom is -0.357 e. The van der Waals surface area contributed by atoms with Crippen LogP contribution in [-0.4, -0.2) is 35.6 Å². The first-order valence-electron chi connectivity index (χ1n) is 8.72. The van der Waals surface area contributed by atoms with Gasteiger partial charge in [0, 0.05) is 31.4 Å². The van der Waals surface area contributed by atoms with Crippen LogP contribution in [0.4, 0.5) is 5.82 Å². The quantitative estimate of drug-likeness (QED) is 0.837. The lowest BCUT2D eigenvalue weighted by molar-refractivity contribution is 0.205. The van der Waals surface area contributed by atoms with Crippen molar-refractivity contribution in [1.29, 1.82) is 0 Å². The highest BCUT2D eigenvalue weighted by molar-refractivity contribution is 5.40. The molecule has 3 heteroatoms. The molecule has 1 aromatic heterocycles. The van der Waals surface area contributed by atoms with Crippen LogP contribution in [0.25, 0.3) is 0 Å². The maximum absolute atomic E-state index is 4.78. The highest BCUT2D eigenvalue weighted by Crippen LogP contribution is 2.33. The fraction of sp³-hybridized carbons (Fsp3) is 0.722. The van der Waals surface area contributed by atoms with Gasteiger partial charge < -0.3 is 4.90 Å². The van der Waals surface area contributed by atoms with Crippen LogP contribution in [0.5, 0.6) is 0 Å². The lowest BCUT2D eigenvalue weighted by Gasteiger charge is -2.29. The number of hydrogen-bond donors (Lipinski definition) is 0. The zero-order chi connectivity index (χ0) is 14.7. The Bertz CT molecular complexity index is 432. The second-order valence-corrected chi connectivity index (χ2v) is 6.84. The third kappa shape index (κ3) is 3.39. The Kier molecular flexibility index (Phi) is 4.79. The van der Waals surface area contributed by atoms with Gasteiger partial charge in [-0.05, 0) is 57.7 Å². The molecule has 0 aliphatic carbocycles. The molecule has 0 bridgehead atoms. The second-order valence-electron chi connectivity index (χ2n) is 6.84. The molecule has 3 rings (SSSR count). The summed E-state index contributed by atoms with van der Waals surface area (Å²) in [5, 5.41) is 0. The van der Waals surface area contributed by atoms with E-state index in [0.29, 0.717) is 12.1 Å². The zero-order valence-electron chi connectivity index (χ0n) is 13.6. The standard InChI is InChI=1S/C18H29N3/c1-15(2)21-13-7-8-17(21)16-9-10-18(19-14-16)20-11-5-3-4-6-12-20/h9-10,14-15,17H,3-8,11-13H2,1-2H3/t17-/m0/s1. The van der Waals surface area contributed by atoms with Crippen molar-refractivity contribution in [3.05, 3.63) is 23.9 Å². The van der Waals surface area contributed by atoms with E-state index in [4.69, 9.17) is 4.98 Å². The van der Waals surface area contributed by atoms with E-state index in [0.717, 1.165) is 0 Å². The molecule has 3 heterocycles. The third-order valence-electron chi connectivity index (χ3n) is 5.04. The summed E-state index contributed by atoms with van der Waals surface area (Å²) in [6, 6.07) is 5.77. The van der Waals surface area contributed by atoms with E-state index in [2.05, 4.69) is 42.0 Å². The summed E-state index contributed by atoms with van der Waals surface area (Å²) in [6.07, 6.45) is 10.1. The summed E-state index contributed by atoms with van der Waals surface area (Å²) >= 11 is 0. The average Bonchev–Trinajstić information content (AvgIpc) is 2.83. The zero-order valence-corrected chi connectivity index (χ0v) is 13.6. The second kappa shape index (κ2) is 6.78. The van der Waals surface area contributed by atoms with E-state index in [1.807, 2.05) is 0 Å². The number of aromatic nitrogens is 1. The maximum atomic E-state index is 4.78. The summed E-state index contributed by atoms with van der Waals surface area (Å²) in [5.74, 6) is 1.18. The van der Waals surface area contributed by atoms with Crippen molar-refractivity contribution in [2.75, 3.05) is 24.5 Å². The lowest BCUT2D eigenvalue weighted by Crippen LogP contribution is -2.30. The number of likely N-dealkylation sites (tertiary alicyclic amines) is 1. The number of anilines is 1. The van der Waals surface area contributed by atoms with Crippen LogP contribution in [0.1, 0.15) is 64.0 Å². The van der Waals surface area contributed by atoms with E-state index in [1.165, 1.54) is 69.5 Å². The molecule has 2 fully saturated rings. The van der Waals surface area contributed by atoms with Crippen LogP contribution in [0.15, 0.2) is 18.3 Å². The predicted octanol–water partition coefficient (Wildman–Crippen LogP) is 4.01. The molecular weight excluding hydrogens is 258 g/mol. The molecule has 3 nitrogen and oxygen atoms in total. The lowest BCUT2D eigenvalue weighted by atomic mass is 10.1. The molecule has 1 atom stereocenters. The molecule has 2 saturated heterocycles. The van der Waals surface area contributed by atoms with Crippen molar-refractivity contribution >= 4 is 5.82 Å². The van der Waals surface area contributed by atoms with E-state index in [9.17, 15) is 0 Å². The molecule has 0 aromatic carbocycles. The summed E-state index contributed by atoms with van der Waals surface area (Å²) in [6.45, 7) is 8.19. The number of rotatable bonds is 3. The van der Waals surface area contributed by atoms with Crippen molar-refractivity contribution in [3.8, 4) is 0 Å². The highest BCUT2D eigenvalue weighted by Gasteiger charge is 2.28. The maximum Gasteiger partial charge on any atom is 0.128 e. The Morgan fingerprint density at radius 2 is 1.76 bits per heavy atom. The van der Waals surface area contributed by atoms with Crippen molar-refractivity contribution in [1.82, 2.24) is 9.88 Å². The third-order valence-corrected chi connectivity index (χ3v) is 5.04. The van der Waals surface area contributed by atoms with Crippen LogP contribution in [-0.2, 0) is 0 Å². The van der Waals surface area contributed by atoms with Crippen molar-refractivity contribution < 1.29 is 0 Å². The molecule has 0 unspecified atom stereocenters. The van der Waals surface area contributed by atoms with Gasteiger partial charge in [0.15, 0.2) is 0 Å². The predicted molar refractivity (Wildman–Crippen MR) is 88.7 cm³/mol. The molecule has 0 N–H and O–H groups in total. The smallest absolute Gasteiger partial charge is 0.128 e. The molecular formula is C18H29N3. The fourth-order valence-electron chi connectivity index (χ4n) is 3.85. The van der Waals surface area contributed by atoms with E-state index < -0.39 is 0 Å². The Morgan fingerprint density at radius 1 is 1.00 bits per heavy atom. The Hall–Kier alpha value is -1.09. The van der Waals surface area contributed by atoms with Gasteiger partial charge in [-0.3, -0.25) is 4.90 Å². The Balaban J connectivity index is 1.71. The number of nitrogens with zero attached hydrogens (tertiary/aromatic N) is 3. The molecule has 21 heavy (non-hydrogen) atoms. The SMILES string of the molecule is CC(C)N1CCC[C@H]1c1ccc(N2CCCCCC2)nc1. The fourth-order valence-corrected chi connectivity index (χ4v) is 3.85. The largest absolute Gasteiger partial charge is 0.357 e. The molecule has 0 amide bonds. The monoisotopic (exact) mass is 287 g/mol. The van der Waals surface area contributed by atoms with Gasteiger partial charge in [0.25, 0.3) is 0 Å². The first-order chi connectivity index (χ1) is 10.3. The molecule has 1 aromatic rings. The summed E-state index contributed by atoms with van der Waals surface area (Å²) in [7, 11) is 0. The minimum atomic E-state index is 0.579. The van der Waals surface area contributed by atoms with Gasteiger partial charge in [-0.1, -0.05) is 18.9 Å². The first-order valence-corrected chi connectivity index (χ1v) is 8.72. The van der Waals surface area contributed by atoms with Crippen molar-refractivity contribution in [2.45, 2.75) is 64.5 Å². The van der Waals surface area contributed by atoms with Gasteiger partial charge in [-0.15, -0.1) is 0 Å². The van der Waals surface area contributed by atoms with Gasteiger partial charge >= 0.3 is 0 Å². The van der Waals surface area contributed by atoms with E-state index in [-0.39, 0.29) is 0 Å². The van der Waals surface area contributed by atoms with Crippen LogP contribution < -0.4 is 4.90 Å². The number of pyridine rings is 1. The van der Waals surface area contributed by atoms with Crippen LogP contribution in [0, 0.1) is 0 Å². The molecule has 2 aliphatic rings. The van der Waals surface area contributed by atoms with Crippen LogP contribution >= 0.6 is 0 Å². The van der Waals surface area contributed by atoms with Crippen LogP contribution in [0.2, 0.25) is 0 Å². The van der Waals surface area contributed by atoms with Crippen LogP contribution in [0.3, 0.4) is 0 Å². The number of hydrogen-bond acceptors (Lipinski definition) is 3. The van der Waals surface area contributed by atoms with Crippen molar-refractivity contribution in [2.24, 2.45) is 0 Å². The van der Waals surface area contributed by atoms with Gasteiger partial charge in [0.2, 0.25) is 0 Å². The summed E-state index contributed by atoms with van der Waals surface area (Å²) in [5.41, 5.74) is 1.40. The Morgan fingerprint density at radius 3 is 2.38 bits per heavy atom. The Labute approximate surface area is 129 Å². The normalized spacial score (nSPS) is 24.5. The average molecular weight is 287 g/mol. The van der Waals surface area contributed by atoms with E-state index in [1.54, 1.807) is 0 Å². The van der Waals surface area contributed by atoms with Gasteiger partial charge in [0.05, 0.1) is 0 Å². The highest BCUT2D eigenvalue weighted by atomic mass is 15.2. The summed E-state index contributed by atoms with van der Waals surface area (Å²) in [4.78, 5) is 9.86. The summed E-state index contributed by atoms with van der Waals surface area (Å²) < 4.78 is 0. The molecule has 0 radical (unpaired) electrons.